The molecule has 0 amide bonds. The van der Waals surface area contributed by atoms with Crippen molar-refractivity contribution >= 4 is 30.2 Å². The number of rotatable bonds is 8. The van der Waals surface area contributed by atoms with E-state index < -0.39 is 48.8 Å². The SMILES string of the molecule is CC(=O)OCC(OC(C)=O)C(OC(C)=O)C(C=O)OC(C)=O. The van der Waals surface area contributed by atoms with E-state index in [1.54, 1.807) is 0 Å². The second-order valence-corrected chi connectivity index (χ2v) is 4.23. The first kappa shape index (κ1) is 19.6. The Kier molecular flexibility index (Phi) is 8.42. The first-order valence-electron chi connectivity index (χ1n) is 6.27. The van der Waals surface area contributed by atoms with Crippen molar-refractivity contribution in [1.82, 2.24) is 0 Å². The van der Waals surface area contributed by atoms with Crippen molar-refractivity contribution in [2.75, 3.05) is 6.61 Å². The molecule has 9 heteroatoms. The molecule has 0 rings (SSSR count). The summed E-state index contributed by atoms with van der Waals surface area (Å²) in [5, 5.41) is 0. The summed E-state index contributed by atoms with van der Waals surface area (Å²) in [6.07, 6.45) is -4.04. The number of hydrogen-bond donors (Lipinski definition) is 0. The lowest BCUT2D eigenvalue weighted by Crippen LogP contribution is -2.48. The molecule has 0 saturated carbocycles. The molecule has 0 aromatic heterocycles. The molecule has 124 valence electrons. The molecule has 0 aliphatic rings. The molecule has 0 radical (unpaired) electrons. The van der Waals surface area contributed by atoms with E-state index in [2.05, 4.69) is 0 Å². The van der Waals surface area contributed by atoms with Gasteiger partial charge in [0.25, 0.3) is 0 Å². The van der Waals surface area contributed by atoms with E-state index in [0.29, 0.717) is 0 Å². The molecular weight excluding hydrogens is 300 g/mol. The summed E-state index contributed by atoms with van der Waals surface area (Å²) in [5.74, 6) is -3.04. The zero-order valence-electron chi connectivity index (χ0n) is 12.7. The van der Waals surface area contributed by atoms with Crippen molar-refractivity contribution in [3.63, 3.8) is 0 Å². The number of esters is 4. The van der Waals surface area contributed by atoms with Gasteiger partial charge in [-0.3, -0.25) is 24.0 Å². The molecule has 0 aromatic rings. The predicted molar refractivity (Wildman–Crippen MR) is 69.4 cm³/mol. The number of carbonyl (C=O) groups is 5. The van der Waals surface area contributed by atoms with E-state index in [-0.39, 0.29) is 6.29 Å². The molecule has 0 fully saturated rings. The van der Waals surface area contributed by atoms with Crippen LogP contribution in [0.2, 0.25) is 0 Å². The van der Waals surface area contributed by atoms with Crippen LogP contribution in [-0.2, 0) is 42.9 Å². The zero-order valence-corrected chi connectivity index (χ0v) is 12.7. The second kappa shape index (κ2) is 9.48. The molecule has 0 aliphatic heterocycles. The van der Waals surface area contributed by atoms with Gasteiger partial charge in [0.05, 0.1) is 0 Å². The van der Waals surface area contributed by atoms with Gasteiger partial charge in [0, 0.05) is 27.7 Å². The first-order chi connectivity index (χ1) is 10.2. The van der Waals surface area contributed by atoms with Crippen LogP contribution in [0.3, 0.4) is 0 Å². The van der Waals surface area contributed by atoms with E-state index >= 15 is 0 Å². The van der Waals surface area contributed by atoms with Gasteiger partial charge in [-0.1, -0.05) is 0 Å². The zero-order chi connectivity index (χ0) is 17.3. The van der Waals surface area contributed by atoms with Crippen LogP contribution in [0.15, 0.2) is 0 Å². The lowest BCUT2D eigenvalue weighted by atomic mass is 10.1. The van der Waals surface area contributed by atoms with Gasteiger partial charge in [-0.15, -0.1) is 0 Å². The van der Waals surface area contributed by atoms with E-state index in [1.165, 1.54) is 0 Å². The number of hydrogen-bond acceptors (Lipinski definition) is 9. The van der Waals surface area contributed by atoms with Crippen molar-refractivity contribution in [3.05, 3.63) is 0 Å². The average Bonchev–Trinajstić information content (AvgIpc) is 2.37. The Morgan fingerprint density at radius 3 is 1.68 bits per heavy atom. The first-order valence-corrected chi connectivity index (χ1v) is 6.27. The van der Waals surface area contributed by atoms with Crippen molar-refractivity contribution in [2.24, 2.45) is 0 Å². The van der Waals surface area contributed by atoms with Crippen LogP contribution < -0.4 is 0 Å². The maximum absolute atomic E-state index is 11.2. The van der Waals surface area contributed by atoms with Crippen molar-refractivity contribution < 1.29 is 42.9 Å². The van der Waals surface area contributed by atoms with Crippen LogP contribution in [0.1, 0.15) is 27.7 Å². The Hall–Kier alpha value is -2.45. The number of ether oxygens (including phenoxy) is 4. The van der Waals surface area contributed by atoms with E-state index in [0.717, 1.165) is 27.7 Å². The van der Waals surface area contributed by atoms with Gasteiger partial charge in [0.1, 0.15) is 6.61 Å². The van der Waals surface area contributed by atoms with Crippen LogP contribution in [0.25, 0.3) is 0 Å². The van der Waals surface area contributed by atoms with Gasteiger partial charge in [-0.2, -0.15) is 0 Å². The molecule has 0 saturated heterocycles. The average molecular weight is 318 g/mol. The van der Waals surface area contributed by atoms with Gasteiger partial charge in [-0.05, 0) is 0 Å². The summed E-state index contributed by atoms with van der Waals surface area (Å²) in [7, 11) is 0. The quantitative estimate of drug-likeness (QED) is 0.332. The fourth-order valence-electron chi connectivity index (χ4n) is 1.52. The van der Waals surface area contributed by atoms with Gasteiger partial charge < -0.3 is 18.9 Å². The minimum atomic E-state index is -1.51. The fraction of sp³-hybridized carbons (Fsp3) is 0.615. The summed E-state index contributed by atoms with van der Waals surface area (Å²) in [4.78, 5) is 55.2. The van der Waals surface area contributed by atoms with E-state index in [9.17, 15) is 24.0 Å². The monoisotopic (exact) mass is 318 g/mol. The molecule has 0 N–H and O–H groups in total. The third-order valence-corrected chi connectivity index (χ3v) is 2.20. The molecule has 22 heavy (non-hydrogen) atoms. The van der Waals surface area contributed by atoms with Crippen LogP contribution in [0.4, 0.5) is 0 Å². The van der Waals surface area contributed by atoms with Crippen molar-refractivity contribution in [2.45, 2.75) is 46.0 Å². The summed E-state index contributed by atoms with van der Waals surface area (Å²) < 4.78 is 19.2. The largest absolute Gasteiger partial charge is 0.462 e. The van der Waals surface area contributed by atoms with Crippen LogP contribution >= 0.6 is 0 Å². The van der Waals surface area contributed by atoms with Crippen molar-refractivity contribution in [3.8, 4) is 0 Å². The minimum absolute atomic E-state index is 0.221. The molecule has 0 aromatic carbocycles. The smallest absolute Gasteiger partial charge is 0.303 e. The predicted octanol–water partition coefficient (Wildman–Crippen LogP) is -0.456. The number of aldehydes is 1. The summed E-state index contributed by atoms with van der Waals surface area (Å²) in [6.45, 7) is 3.83. The third-order valence-electron chi connectivity index (χ3n) is 2.20. The Morgan fingerprint density at radius 2 is 1.32 bits per heavy atom. The topological polar surface area (TPSA) is 122 Å². The Labute approximate surface area is 126 Å². The summed E-state index contributed by atoms with van der Waals surface area (Å²) in [5.41, 5.74) is 0. The van der Waals surface area contributed by atoms with Gasteiger partial charge in [0.15, 0.2) is 24.6 Å². The summed E-state index contributed by atoms with van der Waals surface area (Å²) in [6, 6.07) is 0. The normalized spacial score (nSPS) is 14.0. The van der Waals surface area contributed by atoms with Gasteiger partial charge in [-0.25, -0.2) is 0 Å². The van der Waals surface area contributed by atoms with E-state index in [4.69, 9.17) is 18.9 Å². The summed E-state index contributed by atoms with van der Waals surface area (Å²) >= 11 is 0. The van der Waals surface area contributed by atoms with E-state index in [1.807, 2.05) is 0 Å². The molecule has 3 unspecified atom stereocenters. The highest BCUT2D eigenvalue weighted by Crippen LogP contribution is 2.13. The molecule has 9 nitrogen and oxygen atoms in total. The second-order valence-electron chi connectivity index (χ2n) is 4.23. The highest BCUT2D eigenvalue weighted by Gasteiger charge is 2.37. The highest BCUT2D eigenvalue weighted by atomic mass is 16.6. The molecule has 3 atom stereocenters. The van der Waals surface area contributed by atoms with Crippen LogP contribution in [0.5, 0.6) is 0 Å². The lowest BCUT2D eigenvalue weighted by Gasteiger charge is -2.28. The molecule has 0 heterocycles. The van der Waals surface area contributed by atoms with Gasteiger partial charge >= 0.3 is 23.9 Å². The highest BCUT2D eigenvalue weighted by molar-refractivity contribution is 5.72. The maximum Gasteiger partial charge on any atom is 0.303 e. The van der Waals surface area contributed by atoms with Gasteiger partial charge in [0.2, 0.25) is 0 Å². The standard InChI is InChI=1S/C13H18O9/c1-7(15)19-6-12(21-9(3)17)13(22-10(4)18)11(5-14)20-8(2)16/h5,11-13H,6H2,1-4H3. The lowest BCUT2D eigenvalue weighted by molar-refractivity contribution is -0.188. The minimum Gasteiger partial charge on any atom is -0.462 e. The molecule has 0 bridgehead atoms. The number of carbonyl (C=O) groups excluding carboxylic acids is 5. The Bertz CT molecular complexity index is 443. The Morgan fingerprint density at radius 1 is 0.818 bits per heavy atom. The molecular formula is C13H18O9. The third kappa shape index (κ3) is 7.98. The maximum atomic E-state index is 11.2. The van der Waals surface area contributed by atoms with Crippen LogP contribution in [-0.4, -0.2) is 55.1 Å². The van der Waals surface area contributed by atoms with Crippen LogP contribution in [0, 0.1) is 0 Å². The molecule has 0 spiro atoms. The Balaban J connectivity index is 5.35. The van der Waals surface area contributed by atoms with Crippen molar-refractivity contribution in [1.29, 1.82) is 0 Å². The fourth-order valence-corrected chi connectivity index (χ4v) is 1.52. The molecule has 0 aliphatic carbocycles.